The molecule has 364 valence electrons. The van der Waals surface area contributed by atoms with Gasteiger partial charge in [0.25, 0.3) is 30.4 Å². The summed E-state index contributed by atoms with van der Waals surface area (Å²) in [6, 6.07) is 8.63. The van der Waals surface area contributed by atoms with Gasteiger partial charge in [0.15, 0.2) is 31.2 Å². The first kappa shape index (κ1) is 52.6. The first-order chi connectivity index (χ1) is 30.7. The predicted octanol–water partition coefficient (Wildman–Crippen LogP) is 3.51. The number of sulfone groups is 2. The highest BCUT2D eigenvalue weighted by Gasteiger charge is 2.28. The summed E-state index contributed by atoms with van der Waals surface area (Å²) in [4.78, 5) is -4.99. The Hall–Kier alpha value is -5.41. The summed E-state index contributed by atoms with van der Waals surface area (Å²) < 4.78 is 232. The third-order valence-corrected chi connectivity index (χ3v) is 15.7. The van der Waals surface area contributed by atoms with Crippen molar-refractivity contribution in [2.45, 2.75) is 24.5 Å². The zero-order valence-electron chi connectivity index (χ0n) is 33.4. The molecule has 67 heavy (non-hydrogen) atoms. The van der Waals surface area contributed by atoms with Crippen LogP contribution in [0.25, 0.3) is 21.5 Å². The molecule has 28 nitrogen and oxygen atoms in total. The fourth-order valence-electron chi connectivity index (χ4n) is 5.95. The van der Waals surface area contributed by atoms with Crippen LogP contribution in [0.3, 0.4) is 0 Å². The van der Waals surface area contributed by atoms with E-state index in [1.807, 2.05) is 0 Å². The van der Waals surface area contributed by atoms with E-state index in [1.165, 1.54) is 19.2 Å². The van der Waals surface area contributed by atoms with Crippen molar-refractivity contribution in [3.05, 3.63) is 60.7 Å². The van der Waals surface area contributed by atoms with Crippen LogP contribution in [0.2, 0.25) is 0 Å². The van der Waals surface area contributed by atoms with Crippen LogP contribution in [0.5, 0.6) is 11.5 Å². The minimum Gasteiger partial charge on any atom is -0.505 e. The summed E-state index contributed by atoms with van der Waals surface area (Å²) in [5.41, 5.74) is -2.40. The van der Waals surface area contributed by atoms with Gasteiger partial charge in [0.2, 0.25) is 0 Å². The lowest BCUT2D eigenvalue weighted by Crippen LogP contribution is -2.16. The minimum absolute atomic E-state index is 0.0403. The number of benzene rings is 5. The first-order valence-corrected chi connectivity index (χ1v) is 27.8. The Bertz CT molecular complexity index is 3730. The van der Waals surface area contributed by atoms with Crippen molar-refractivity contribution in [1.29, 1.82) is 0 Å². The molecule has 0 aliphatic heterocycles. The Balaban J connectivity index is 1.66. The molecule has 0 saturated heterocycles. The molecule has 0 aliphatic rings. The van der Waals surface area contributed by atoms with Gasteiger partial charge < -0.3 is 15.2 Å². The number of hydrogen-bond donors (Lipinski definition) is 7. The van der Waals surface area contributed by atoms with Crippen molar-refractivity contribution in [2.75, 3.05) is 44.2 Å². The van der Waals surface area contributed by atoms with Crippen LogP contribution < -0.4 is 10.1 Å². The van der Waals surface area contributed by atoms with Gasteiger partial charge in [0.05, 0.1) is 47.3 Å². The van der Waals surface area contributed by atoms with E-state index in [2.05, 4.69) is 34.1 Å². The lowest BCUT2D eigenvalue weighted by Gasteiger charge is -2.15. The Morgan fingerprint density at radius 1 is 0.537 bits per heavy atom. The number of nitrogens with one attached hydrogen (secondary N) is 1. The highest BCUT2D eigenvalue weighted by molar-refractivity contribution is 7.92. The SMILES string of the molecule is CNc1ccc2c(OC)c(/N=N/c3ccc4cc(S(=O)(=O)CCOS(=O)(=O)O)cc(S(=O)(=O)O)c4c3O)c(S(=O)(=O)O)cc2c1/N=N/c1ccc(S(=O)(=O)CCOS(=O)(=O)O)cc1S(=O)(=O)O. The summed E-state index contributed by atoms with van der Waals surface area (Å²) in [7, 11) is -32.9. The summed E-state index contributed by atoms with van der Waals surface area (Å²) >= 11 is 0. The second-order valence-corrected chi connectivity index (χ2v) is 23.7. The molecule has 0 aliphatic carbocycles. The average molecular weight is 1080 g/mol. The van der Waals surface area contributed by atoms with Gasteiger partial charge in [-0.15, -0.1) is 20.5 Å². The minimum atomic E-state index is -5.39. The molecule has 7 N–H and O–H groups in total. The normalized spacial score (nSPS) is 13.5. The molecule has 5 rings (SSSR count). The van der Waals surface area contributed by atoms with Gasteiger partial charge in [-0.05, 0) is 60.0 Å². The number of rotatable bonds is 19. The Morgan fingerprint density at radius 2 is 1.04 bits per heavy atom. The van der Waals surface area contributed by atoms with E-state index in [4.69, 9.17) is 13.8 Å². The number of methoxy groups -OCH3 is 1. The third-order valence-electron chi connectivity index (χ3n) is 8.83. The third kappa shape index (κ3) is 12.4. The molecule has 0 aromatic heterocycles. The maximum Gasteiger partial charge on any atom is 0.397 e. The molecule has 0 saturated carbocycles. The van der Waals surface area contributed by atoms with E-state index in [-0.39, 0.29) is 27.5 Å². The fraction of sp³-hybridized carbons (Fsp3) is 0.188. The zero-order valence-corrected chi connectivity index (χ0v) is 39.1. The van der Waals surface area contributed by atoms with Crippen LogP contribution in [0.15, 0.2) is 106 Å². The number of hydrogen-bond acceptors (Lipinski definition) is 23. The predicted molar refractivity (Wildman–Crippen MR) is 229 cm³/mol. The molecule has 0 spiro atoms. The van der Waals surface area contributed by atoms with Crippen molar-refractivity contribution >= 4 is 121 Å². The summed E-state index contributed by atoms with van der Waals surface area (Å²) in [5, 5.41) is 28.0. The molecular weight excluding hydrogens is 1050 g/mol. The largest absolute Gasteiger partial charge is 0.505 e. The highest BCUT2D eigenvalue weighted by atomic mass is 32.3. The van der Waals surface area contributed by atoms with E-state index in [0.29, 0.717) is 12.1 Å². The maximum atomic E-state index is 12.9. The molecule has 0 heterocycles. The Kier molecular flexibility index (Phi) is 14.9. The lowest BCUT2D eigenvalue weighted by atomic mass is 10.0. The fourth-order valence-corrected chi connectivity index (χ4v) is 11.2. The molecule has 0 atom stereocenters. The Labute approximate surface area is 379 Å². The monoisotopic (exact) mass is 1080 g/mol. The molecule has 0 unspecified atom stereocenters. The van der Waals surface area contributed by atoms with E-state index in [9.17, 15) is 77.7 Å². The van der Waals surface area contributed by atoms with E-state index >= 15 is 0 Å². The van der Waals surface area contributed by atoms with Crippen LogP contribution in [0, 0.1) is 0 Å². The summed E-state index contributed by atoms with van der Waals surface area (Å²) in [6.45, 7) is -2.19. The van der Waals surface area contributed by atoms with E-state index < -0.39 is 154 Å². The molecule has 0 radical (unpaired) electrons. The van der Waals surface area contributed by atoms with Crippen molar-refractivity contribution in [3.63, 3.8) is 0 Å². The Morgan fingerprint density at radius 3 is 1.57 bits per heavy atom. The maximum absolute atomic E-state index is 12.9. The molecule has 0 fully saturated rings. The molecule has 35 heteroatoms. The smallest absolute Gasteiger partial charge is 0.397 e. The van der Waals surface area contributed by atoms with E-state index in [1.54, 1.807) is 0 Å². The highest BCUT2D eigenvalue weighted by Crippen LogP contribution is 2.48. The lowest BCUT2D eigenvalue weighted by molar-refractivity contribution is 0.282. The average Bonchev–Trinajstić information content (AvgIpc) is 3.19. The van der Waals surface area contributed by atoms with Gasteiger partial charge in [-0.2, -0.15) is 42.1 Å². The summed E-state index contributed by atoms with van der Waals surface area (Å²) in [6.07, 6.45) is 0. The second kappa shape index (κ2) is 18.9. The number of phenols is 1. The number of azo groups is 2. The van der Waals surface area contributed by atoms with Gasteiger partial charge in [0.1, 0.15) is 37.4 Å². The molecule has 5 aromatic rings. The summed E-state index contributed by atoms with van der Waals surface area (Å²) in [5.74, 6) is -3.77. The number of anilines is 1. The van der Waals surface area contributed by atoms with Crippen LogP contribution in [-0.2, 0) is 79.2 Å². The van der Waals surface area contributed by atoms with Gasteiger partial charge >= 0.3 is 20.8 Å². The van der Waals surface area contributed by atoms with Crippen molar-refractivity contribution < 1.29 is 99.9 Å². The number of fused-ring (bicyclic) bond motifs is 2. The van der Waals surface area contributed by atoms with Crippen molar-refractivity contribution in [3.8, 4) is 11.5 Å². The second-order valence-electron chi connectivity index (χ2n) is 13.1. The van der Waals surface area contributed by atoms with Gasteiger partial charge in [-0.25, -0.2) is 25.2 Å². The van der Waals surface area contributed by atoms with Gasteiger partial charge in [0, 0.05) is 23.2 Å². The van der Waals surface area contributed by atoms with Gasteiger partial charge in [-0.1, -0.05) is 6.07 Å². The number of phenolic OH excluding ortho intramolecular Hbond substituents is 1. The van der Waals surface area contributed by atoms with Crippen LogP contribution in [0.1, 0.15) is 0 Å². The van der Waals surface area contributed by atoms with Crippen LogP contribution in [-0.4, -0.2) is 126 Å². The molecule has 0 amide bonds. The van der Waals surface area contributed by atoms with Gasteiger partial charge in [-0.3, -0.25) is 22.8 Å². The van der Waals surface area contributed by atoms with E-state index in [0.717, 1.165) is 43.5 Å². The van der Waals surface area contributed by atoms with Crippen LogP contribution in [0.4, 0.5) is 28.4 Å². The first-order valence-electron chi connectivity index (χ1n) is 17.4. The molecule has 5 aromatic carbocycles. The molecule has 0 bridgehead atoms. The topological polar surface area (TPSA) is 450 Å². The number of nitrogens with zero attached hydrogens (tertiary/aromatic N) is 4. The zero-order chi connectivity index (χ0) is 50.3. The number of aromatic hydroxyl groups is 1. The standard InChI is InChI=1S/C32H31N5O23S7/c1-33-23-8-5-20-21(29(23)36-34-22-7-4-18(14-25(22)63(43,44)45)61(39,40)11-9-59-66(52,53)54)16-27(65(49,50)51)30(32(20)58-2)37-35-24-6-3-17-13-19(62(41,42)12-10-60-67(55,56)57)15-26(64(46,47)48)28(17)31(24)38/h3-8,13-16,33,38H,9-12H2,1-2H3,(H,43,44,45)(H,46,47,48)(H,49,50,51)(H,52,53,54)(H,55,56,57)/b36-34+,37-35+. The van der Waals surface area contributed by atoms with Crippen LogP contribution >= 0.6 is 0 Å². The number of ether oxygens (including phenoxy) is 1. The quantitative estimate of drug-likeness (QED) is 0.0459. The molecular formula is C32H31N5O23S7. The van der Waals surface area contributed by atoms with Crippen molar-refractivity contribution in [1.82, 2.24) is 0 Å². The van der Waals surface area contributed by atoms with Crippen molar-refractivity contribution in [2.24, 2.45) is 20.5 Å².